The van der Waals surface area contributed by atoms with E-state index >= 15 is 0 Å². The van der Waals surface area contributed by atoms with Crippen LogP contribution in [0.3, 0.4) is 0 Å². The number of hydrogen-bond donors (Lipinski definition) is 1. The normalized spacial score (nSPS) is 10.4. The summed E-state index contributed by atoms with van der Waals surface area (Å²) in [6.07, 6.45) is 3.37. The quantitative estimate of drug-likeness (QED) is 0.889. The second-order valence-electron chi connectivity index (χ2n) is 4.38. The molecule has 2 aromatic rings. The van der Waals surface area contributed by atoms with Crippen LogP contribution in [0.25, 0.3) is 0 Å². The third-order valence-electron chi connectivity index (χ3n) is 2.81. The molecule has 1 aromatic carbocycles. The van der Waals surface area contributed by atoms with Gasteiger partial charge in [-0.25, -0.2) is 4.98 Å². The van der Waals surface area contributed by atoms with E-state index in [1.807, 2.05) is 7.05 Å². The molecule has 2 N–H and O–H groups in total. The molecule has 0 amide bonds. The first-order chi connectivity index (χ1) is 8.70. The summed E-state index contributed by atoms with van der Waals surface area (Å²) in [4.78, 5) is 10.7. The molecule has 0 saturated carbocycles. The summed E-state index contributed by atoms with van der Waals surface area (Å²) in [7, 11) is 2.01. The van der Waals surface area contributed by atoms with Crippen molar-refractivity contribution in [2.75, 3.05) is 11.9 Å². The van der Waals surface area contributed by atoms with Crippen molar-refractivity contribution < 1.29 is 0 Å². The molecule has 1 heterocycles. The van der Waals surface area contributed by atoms with Crippen molar-refractivity contribution in [2.24, 2.45) is 5.73 Å². The summed E-state index contributed by atoms with van der Waals surface area (Å²) in [5.74, 6) is 0.849. The molecule has 0 unspecified atom stereocenters. The highest BCUT2D eigenvalue weighted by Crippen LogP contribution is 2.16. The van der Waals surface area contributed by atoms with E-state index in [0.29, 0.717) is 6.54 Å². The fourth-order valence-electron chi connectivity index (χ4n) is 1.98. The maximum absolute atomic E-state index is 5.68. The van der Waals surface area contributed by atoms with Crippen molar-refractivity contribution in [3.8, 4) is 0 Å². The van der Waals surface area contributed by atoms with Gasteiger partial charge in [0.15, 0.2) is 5.82 Å². The Bertz CT molecular complexity index is 525. The number of benzene rings is 1. The molecule has 0 fully saturated rings. The van der Waals surface area contributed by atoms with Crippen LogP contribution in [0, 0.1) is 6.92 Å². The van der Waals surface area contributed by atoms with Gasteiger partial charge in [-0.2, -0.15) is 0 Å². The third kappa shape index (κ3) is 2.84. The van der Waals surface area contributed by atoms with Crippen molar-refractivity contribution in [1.29, 1.82) is 0 Å². The van der Waals surface area contributed by atoms with E-state index in [1.54, 1.807) is 12.4 Å². The molecular formula is C14H18N4. The molecule has 0 atom stereocenters. The van der Waals surface area contributed by atoms with Crippen molar-refractivity contribution in [3.05, 3.63) is 53.5 Å². The summed E-state index contributed by atoms with van der Waals surface area (Å²) < 4.78 is 0. The fraction of sp³-hybridized carbons (Fsp3) is 0.286. The fourth-order valence-corrected chi connectivity index (χ4v) is 1.98. The van der Waals surface area contributed by atoms with Crippen LogP contribution < -0.4 is 10.6 Å². The molecule has 0 aliphatic heterocycles. The molecular weight excluding hydrogens is 224 g/mol. The molecule has 0 aliphatic rings. The van der Waals surface area contributed by atoms with Crippen molar-refractivity contribution in [2.45, 2.75) is 20.0 Å². The van der Waals surface area contributed by atoms with Gasteiger partial charge < -0.3 is 10.6 Å². The Hall–Kier alpha value is -1.94. The van der Waals surface area contributed by atoms with Crippen molar-refractivity contribution in [3.63, 3.8) is 0 Å². The maximum atomic E-state index is 5.68. The van der Waals surface area contributed by atoms with E-state index in [-0.39, 0.29) is 0 Å². The number of nitrogens with zero attached hydrogens (tertiary/aromatic N) is 3. The van der Waals surface area contributed by atoms with Gasteiger partial charge >= 0.3 is 0 Å². The van der Waals surface area contributed by atoms with Crippen LogP contribution in [0.15, 0.2) is 36.7 Å². The summed E-state index contributed by atoms with van der Waals surface area (Å²) in [6.45, 7) is 3.30. The lowest BCUT2D eigenvalue weighted by Crippen LogP contribution is -2.21. The molecule has 1 aromatic heterocycles. The lowest BCUT2D eigenvalue weighted by atomic mass is 10.1. The van der Waals surface area contributed by atoms with Gasteiger partial charge in [0.25, 0.3) is 0 Å². The number of rotatable bonds is 4. The number of anilines is 1. The Kier molecular flexibility index (Phi) is 3.89. The van der Waals surface area contributed by atoms with Crippen molar-refractivity contribution >= 4 is 5.82 Å². The predicted molar refractivity (Wildman–Crippen MR) is 73.2 cm³/mol. The highest BCUT2D eigenvalue weighted by atomic mass is 15.2. The van der Waals surface area contributed by atoms with Gasteiger partial charge in [-0.15, -0.1) is 0 Å². The summed E-state index contributed by atoms with van der Waals surface area (Å²) in [5, 5.41) is 0. The molecule has 0 saturated heterocycles. The van der Waals surface area contributed by atoms with Gasteiger partial charge in [0.2, 0.25) is 0 Å². The van der Waals surface area contributed by atoms with E-state index in [4.69, 9.17) is 5.73 Å². The second kappa shape index (κ2) is 5.60. The molecule has 4 nitrogen and oxygen atoms in total. The third-order valence-corrected chi connectivity index (χ3v) is 2.81. The van der Waals surface area contributed by atoms with Gasteiger partial charge in [0.05, 0.1) is 5.69 Å². The summed E-state index contributed by atoms with van der Waals surface area (Å²) in [6, 6.07) is 8.45. The Morgan fingerprint density at radius 2 is 2.00 bits per heavy atom. The molecule has 4 heteroatoms. The van der Waals surface area contributed by atoms with Crippen LogP contribution in [-0.4, -0.2) is 17.0 Å². The molecule has 0 spiro atoms. The minimum atomic E-state index is 0.404. The Balaban J connectivity index is 2.19. The topological polar surface area (TPSA) is 55.0 Å². The number of nitrogens with two attached hydrogens (primary N) is 1. The highest BCUT2D eigenvalue weighted by Gasteiger charge is 2.09. The lowest BCUT2D eigenvalue weighted by molar-refractivity contribution is 0.852. The van der Waals surface area contributed by atoms with Gasteiger partial charge in [-0.1, -0.05) is 29.8 Å². The Labute approximate surface area is 107 Å². The number of hydrogen-bond acceptors (Lipinski definition) is 4. The Morgan fingerprint density at radius 1 is 1.22 bits per heavy atom. The van der Waals surface area contributed by atoms with E-state index < -0.39 is 0 Å². The zero-order valence-electron chi connectivity index (χ0n) is 10.8. The second-order valence-corrected chi connectivity index (χ2v) is 4.38. The minimum Gasteiger partial charge on any atom is -0.354 e. The van der Waals surface area contributed by atoms with Gasteiger partial charge in [0.1, 0.15) is 0 Å². The molecule has 0 aliphatic carbocycles. The van der Waals surface area contributed by atoms with E-state index in [9.17, 15) is 0 Å². The van der Waals surface area contributed by atoms with Crippen LogP contribution in [-0.2, 0) is 13.1 Å². The molecule has 0 radical (unpaired) electrons. The first-order valence-electron chi connectivity index (χ1n) is 5.97. The minimum absolute atomic E-state index is 0.404. The highest BCUT2D eigenvalue weighted by molar-refractivity contribution is 5.43. The van der Waals surface area contributed by atoms with Crippen LogP contribution in [0.4, 0.5) is 5.82 Å². The molecule has 18 heavy (non-hydrogen) atoms. The monoisotopic (exact) mass is 242 g/mol. The number of aryl methyl sites for hydroxylation is 1. The largest absolute Gasteiger partial charge is 0.354 e. The van der Waals surface area contributed by atoms with Crippen LogP contribution in [0.1, 0.15) is 16.8 Å². The molecule has 0 bridgehead atoms. The summed E-state index contributed by atoms with van der Waals surface area (Å²) >= 11 is 0. The standard InChI is InChI=1S/C14H18N4/c1-11-4-3-5-12(8-11)10-18(2)14-13(9-15)16-6-7-17-14/h3-8H,9-10,15H2,1-2H3. The smallest absolute Gasteiger partial charge is 0.151 e. The molecule has 94 valence electrons. The first-order valence-corrected chi connectivity index (χ1v) is 5.97. The predicted octanol–water partition coefficient (Wildman–Crippen LogP) is 1.88. The zero-order chi connectivity index (χ0) is 13.0. The lowest BCUT2D eigenvalue weighted by Gasteiger charge is -2.20. The van der Waals surface area contributed by atoms with Crippen LogP contribution in [0.5, 0.6) is 0 Å². The van der Waals surface area contributed by atoms with Crippen molar-refractivity contribution in [1.82, 2.24) is 9.97 Å². The molecule has 2 rings (SSSR count). The first kappa shape index (κ1) is 12.5. The maximum Gasteiger partial charge on any atom is 0.151 e. The van der Waals surface area contributed by atoms with Crippen LogP contribution >= 0.6 is 0 Å². The van der Waals surface area contributed by atoms with E-state index in [2.05, 4.69) is 46.1 Å². The van der Waals surface area contributed by atoms with E-state index in [0.717, 1.165) is 18.1 Å². The van der Waals surface area contributed by atoms with Gasteiger partial charge in [0, 0.05) is 32.5 Å². The SMILES string of the molecule is Cc1cccc(CN(C)c2nccnc2CN)c1. The average Bonchev–Trinajstić information content (AvgIpc) is 2.38. The van der Waals surface area contributed by atoms with Gasteiger partial charge in [-0.05, 0) is 12.5 Å². The zero-order valence-corrected chi connectivity index (χ0v) is 10.8. The van der Waals surface area contributed by atoms with E-state index in [1.165, 1.54) is 11.1 Å². The number of aromatic nitrogens is 2. The average molecular weight is 242 g/mol. The van der Waals surface area contributed by atoms with Gasteiger partial charge in [-0.3, -0.25) is 4.98 Å². The summed E-state index contributed by atoms with van der Waals surface area (Å²) in [5.41, 5.74) is 9.02. The Morgan fingerprint density at radius 3 is 2.72 bits per heavy atom. The van der Waals surface area contributed by atoms with Crippen LogP contribution in [0.2, 0.25) is 0 Å².